The van der Waals surface area contributed by atoms with Crippen molar-refractivity contribution in [3.05, 3.63) is 72.6 Å². The molecule has 1 aliphatic rings. The fourth-order valence-corrected chi connectivity index (χ4v) is 3.45. The van der Waals surface area contributed by atoms with E-state index in [4.69, 9.17) is 4.74 Å². The predicted molar refractivity (Wildman–Crippen MR) is 108 cm³/mol. The molecule has 4 rings (SSSR count). The highest BCUT2D eigenvalue weighted by atomic mass is 19.1. The van der Waals surface area contributed by atoms with Crippen molar-refractivity contribution >= 4 is 11.6 Å². The Balaban J connectivity index is 1.27. The quantitative estimate of drug-likeness (QED) is 0.658. The van der Waals surface area contributed by atoms with E-state index in [-0.39, 0.29) is 17.6 Å². The number of rotatable bonds is 6. The van der Waals surface area contributed by atoms with E-state index in [1.807, 2.05) is 6.20 Å². The van der Waals surface area contributed by atoms with Gasteiger partial charge in [0.25, 0.3) is 0 Å². The third kappa shape index (κ3) is 5.00. The SMILES string of the molecule is O=C(Nc1ccc(Oc2ccccc2F)cc1)C1CCN(Cc2ncc[nH]2)CC1. The van der Waals surface area contributed by atoms with Crippen LogP contribution in [0.25, 0.3) is 0 Å². The van der Waals surface area contributed by atoms with Crippen LogP contribution in [0.2, 0.25) is 0 Å². The first kappa shape index (κ1) is 19.1. The normalized spacial score (nSPS) is 15.2. The van der Waals surface area contributed by atoms with Gasteiger partial charge in [-0.3, -0.25) is 9.69 Å². The summed E-state index contributed by atoms with van der Waals surface area (Å²) in [7, 11) is 0. The van der Waals surface area contributed by atoms with Crippen molar-refractivity contribution in [1.29, 1.82) is 0 Å². The lowest BCUT2D eigenvalue weighted by molar-refractivity contribution is -0.121. The van der Waals surface area contributed by atoms with Gasteiger partial charge in [-0.1, -0.05) is 12.1 Å². The number of carbonyl (C=O) groups excluding carboxylic acids is 1. The monoisotopic (exact) mass is 394 g/mol. The zero-order chi connectivity index (χ0) is 20.1. The molecule has 0 bridgehead atoms. The smallest absolute Gasteiger partial charge is 0.227 e. The van der Waals surface area contributed by atoms with Crippen molar-refractivity contribution in [3.8, 4) is 11.5 Å². The highest BCUT2D eigenvalue weighted by Gasteiger charge is 2.25. The van der Waals surface area contributed by atoms with E-state index in [0.29, 0.717) is 11.4 Å². The van der Waals surface area contributed by atoms with Gasteiger partial charge in [-0.25, -0.2) is 9.37 Å². The summed E-state index contributed by atoms with van der Waals surface area (Å²) < 4.78 is 19.2. The lowest BCUT2D eigenvalue weighted by Gasteiger charge is -2.30. The van der Waals surface area contributed by atoms with Crippen LogP contribution in [0, 0.1) is 11.7 Å². The number of anilines is 1. The molecular formula is C22H23FN4O2. The van der Waals surface area contributed by atoms with Crippen LogP contribution in [0.4, 0.5) is 10.1 Å². The Bertz CT molecular complexity index is 936. The molecular weight excluding hydrogens is 371 g/mol. The number of amides is 1. The van der Waals surface area contributed by atoms with Gasteiger partial charge in [0.1, 0.15) is 11.6 Å². The van der Waals surface area contributed by atoms with Gasteiger partial charge in [-0.15, -0.1) is 0 Å². The minimum atomic E-state index is -0.414. The number of aromatic nitrogens is 2. The van der Waals surface area contributed by atoms with Crippen molar-refractivity contribution in [2.24, 2.45) is 5.92 Å². The number of hydrogen-bond acceptors (Lipinski definition) is 4. The summed E-state index contributed by atoms with van der Waals surface area (Å²) in [6, 6.07) is 13.2. The first-order chi connectivity index (χ1) is 14.2. The number of piperidine rings is 1. The molecule has 0 radical (unpaired) electrons. The van der Waals surface area contributed by atoms with Crippen LogP contribution in [-0.2, 0) is 11.3 Å². The summed E-state index contributed by atoms with van der Waals surface area (Å²) in [6.07, 6.45) is 5.21. The molecule has 0 saturated carbocycles. The molecule has 1 amide bonds. The van der Waals surface area contributed by atoms with Crippen molar-refractivity contribution < 1.29 is 13.9 Å². The van der Waals surface area contributed by atoms with Crippen LogP contribution in [0.3, 0.4) is 0 Å². The molecule has 2 aromatic carbocycles. The van der Waals surface area contributed by atoms with E-state index in [1.165, 1.54) is 6.07 Å². The summed E-state index contributed by atoms with van der Waals surface area (Å²) >= 11 is 0. The van der Waals surface area contributed by atoms with E-state index in [0.717, 1.165) is 38.3 Å². The summed E-state index contributed by atoms with van der Waals surface area (Å²) in [4.78, 5) is 22.2. The van der Waals surface area contributed by atoms with E-state index in [9.17, 15) is 9.18 Å². The molecule has 6 nitrogen and oxygen atoms in total. The zero-order valence-electron chi connectivity index (χ0n) is 16.0. The largest absolute Gasteiger partial charge is 0.454 e. The Hall–Kier alpha value is -3.19. The second-order valence-corrected chi connectivity index (χ2v) is 7.13. The number of benzene rings is 2. The number of nitrogens with zero attached hydrogens (tertiary/aromatic N) is 2. The summed E-state index contributed by atoms with van der Waals surface area (Å²) in [5.41, 5.74) is 0.703. The van der Waals surface area contributed by atoms with Gasteiger partial charge in [0.15, 0.2) is 11.6 Å². The minimum absolute atomic E-state index is 0.00260. The van der Waals surface area contributed by atoms with E-state index in [1.54, 1.807) is 48.7 Å². The molecule has 1 fully saturated rings. The number of ether oxygens (including phenoxy) is 1. The van der Waals surface area contributed by atoms with Gasteiger partial charge >= 0.3 is 0 Å². The third-order valence-electron chi connectivity index (χ3n) is 5.07. The van der Waals surface area contributed by atoms with Gasteiger partial charge in [-0.05, 0) is 62.3 Å². The zero-order valence-corrected chi connectivity index (χ0v) is 16.0. The first-order valence-electron chi connectivity index (χ1n) is 9.71. The maximum absolute atomic E-state index is 13.7. The van der Waals surface area contributed by atoms with Gasteiger partial charge < -0.3 is 15.0 Å². The van der Waals surface area contributed by atoms with E-state index >= 15 is 0 Å². The molecule has 0 atom stereocenters. The number of nitrogens with one attached hydrogen (secondary N) is 2. The van der Waals surface area contributed by atoms with Crippen LogP contribution in [0.5, 0.6) is 11.5 Å². The highest BCUT2D eigenvalue weighted by Crippen LogP contribution is 2.26. The van der Waals surface area contributed by atoms with Crippen molar-refractivity contribution in [1.82, 2.24) is 14.9 Å². The van der Waals surface area contributed by atoms with Crippen LogP contribution in [0.15, 0.2) is 60.9 Å². The average Bonchev–Trinajstić information content (AvgIpc) is 3.25. The molecule has 0 spiro atoms. The Kier molecular flexibility index (Phi) is 5.86. The summed E-state index contributed by atoms with van der Waals surface area (Å²) in [5, 5.41) is 2.97. The second-order valence-electron chi connectivity index (χ2n) is 7.13. The van der Waals surface area contributed by atoms with Crippen LogP contribution >= 0.6 is 0 Å². The molecule has 1 aliphatic heterocycles. The second kappa shape index (κ2) is 8.87. The van der Waals surface area contributed by atoms with Gasteiger partial charge in [0.2, 0.25) is 5.91 Å². The fraction of sp³-hybridized carbons (Fsp3) is 0.273. The van der Waals surface area contributed by atoms with Crippen LogP contribution in [-0.4, -0.2) is 33.9 Å². The summed E-state index contributed by atoms with van der Waals surface area (Å²) in [5.74, 6) is 1.25. The lowest BCUT2D eigenvalue weighted by atomic mass is 9.96. The van der Waals surface area contributed by atoms with Gasteiger partial charge in [0, 0.05) is 24.0 Å². The van der Waals surface area contributed by atoms with Crippen molar-refractivity contribution in [3.63, 3.8) is 0 Å². The van der Waals surface area contributed by atoms with Crippen LogP contribution < -0.4 is 10.1 Å². The first-order valence-corrected chi connectivity index (χ1v) is 9.71. The molecule has 1 saturated heterocycles. The van der Waals surface area contributed by atoms with Crippen molar-refractivity contribution in [2.45, 2.75) is 19.4 Å². The molecule has 3 aromatic rings. The number of aromatic amines is 1. The molecule has 2 heterocycles. The topological polar surface area (TPSA) is 70.2 Å². The number of likely N-dealkylation sites (tertiary alicyclic amines) is 1. The Morgan fingerprint density at radius 1 is 1.17 bits per heavy atom. The molecule has 2 N–H and O–H groups in total. The number of carbonyl (C=O) groups is 1. The number of imidazole rings is 1. The lowest BCUT2D eigenvalue weighted by Crippen LogP contribution is -2.38. The van der Waals surface area contributed by atoms with Gasteiger partial charge in [-0.2, -0.15) is 0 Å². The number of H-pyrrole nitrogens is 1. The van der Waals surface area contributed by atoms with E-state index < -0.39 is 5.82 Å². The van der Waals surface area contributed by atoms with Crippen molar-refractivity contribution in [2.75, 3.05) is 18.4 Å². The molecule has 0 unspecified atom stereocenters. The summed E-state index contributed by atoms with van der Waals surface area (Å²) in [6.45, 7) is 2.52. The average molecular weight is 394 g/mol. The third-order valence-corrected chi connectivity index (χ3v) is 5.07. The number of para-hydroxylation sites is 1. The van der Waals surface area contributed by atoms with Gasteiger partial charge in [0.05, 0.1) is 6.54 Å². The fourth-order valence-electron chi connectivity index (χ4n) is 3.45. The molecule has 150 valence electrons. The van der Waals surface area contributed by atoms with E-state index in [2.05, 4.69) is 20.2 Å². The Labute approximate surface area is 168 Å². The Morgan fingerprint density at radius 2 is 1.93 bits per heavy atom. The maximum atomic E-state index is 13.7. The number of hydrogen-bond donors (Lipinski definition) is 2. The van der Waals surface area contributed by atoms with Crippen LogP contribution in [0.1, 0.15) is 18.7 Å². The highest BCUT2D eigenvalue weighted by molar-refractivity contribution is 5.92. The molecule has 1 aromatic heterocycles. The standard InChI is InChI=1S/C22H23FN4O2/c23-19-3-1-2-4-20(19)29-18-7-5-17(6-8-18)26-22(28)16-9-13-27(14-10-16)15-21-24-11-12-25-21/h1-8,11-12,16H,9-10,13-15H2,(H,24,25)(H,26,28). The molecule has 0 aliphatic carbocycles. The predicted octanol–water partition coefficient (Wildman–Crippen LogP) is 4.19. The molecule has 29 heavy (non-hydrogen) atoms. The molecule has 7 heteroatoms. The number of halogens is 1. The Morgan fingerprint density at radius 3 is 2.62 bits per heavy atom. The maximum Gasteiger partial charge on any atom is 0.227 e. The minimum Gasteiger partial charge on any atom is -0.454 e.